The van der Waals surface area contributed by atoms with Crippen LogP contribution in [0.1, 0.15) is 18.4 Å². The summed E-state index contributed by atoms with van der Waals surface area (Å²) in [6.45, 7) is 4.13. The van der Waals surface area contributed by atoms with Crippen LogP contribution in [-0.4, -0.2) is 23.1 Å². The van der Waals surface area contributed by atoms with Crippen LogP contribution in [0.4, 0.5) is 17.5 Å². The molecule has 3 rings (SSSR count). The van der Waals surface area contributed by atoms with E-state index in [1.54, 1.807) is 6.20 Å². The second-order valence-electron chi connectivity index (χ2n) is 4.97. The number of hydrogen-bond donors (Lipinski definition) is 1. The highest BCUT2D eigenvalue weighted by Crippen LogP contribution is 2.26. The lowest BCUT2D eigenvalue weighted by Gasteiger charge is -2.17. The Balaban J connectivity index is 1.83. The van der Waals surface area contributed by atoms with Gasteiger partial charge in [-0.25, -0.2) is 4.98 Å². The molecule has 2 heterocycles. The maximum absolute atomic E-state index is 6.13. The average molecular weight is 289 g/mol. The summed E-state index contributed by atoms with van der Waals surface area (Å²) in [6, 6.07) is 7.74. The third-order valence-electron chi connectivity index (χ3n) is 3.59. The predicted octanol–water partition coefficient (Wildman–Crippen LogP) is 3.78. The van der Waals surface area contributed by atoms with Crippen molar-refractivity contribution in [2.45, 2.75) is 19.8 Å². The molecule has 2 aromatic rings. The topological polar surface area (TPSA) is 41.1 Å². The lowest BCUT2D eigenvalue weighted by molar-refractivity contribution is 0.930. The van der Waals surface area contributed by atoms with Crippen LogP contribution in [0.15, 0.2) is 30.5 Å². The molecule has 1 aliphatic heterocycles. The molecular weight excluding hydrogens is 272 g/mol. The fourth-order valence-corrected chi connectivity index (χ4v) is 2.57. The fourth-order valence-electron chi connectivity index (χ4n) is 2.40. The fraction of sp³-hybridized carbons (Fsp3) is 0.333. The molecular formula is C15H17ClN4. The molecule has 0 atom stereocenters. The van der Waals surface area contributed by atoms with Crippen molar-refractivity contribution in [3.63, 3.8) is 0 Å². The van der Waals surface area contributed by atoms with Crippen molar-refractivity contribution in [3.05, 3.63) is 41.0 Å². The zero-order chi connectivity index (χ0) is 13.9. The third-order valence-corrected chi connectivity index (χ3v) is 3.99. The molecule has 1 aliphatic rings. The average Bonchev–Trinajstić information content (AvgIpc) is 2.98. The number of nitrogens with one attached hydrogen (secondary N) is 1. The van der Waals surface area contributed by atoms with E-state index in [1.807, 2.05) is 31.2 Å². The summed E-state index contributed by atoms with van der Waals surface area (Å²) in [6.07, 6.45) is 4.27. The molecule has 104 valence electrons. The summed E-state index contributed by atoms with van der Waals surface area (Å²) in [5, 5.41) is 3.98. The van der Waals surface area contributed by atoms with Crippen LogP contribution in [0.3, 0.4) is 0 Å². The molecule has 1 aromatic heterocycles. The second-order valence-corrected chi connectivity index (χ2v) is 5.38. The Bertz CT molecular complexity index is 609. The van der Waals surface area contributed by atoms with Gasteiger partial charge in [0.05, 0.1) is 0 Å². The van der Waals surface area contributed by atoms with Gasteiger partial charge in [0.2, 0.25) is 5.95 Å². The number of rotatable bonds is 3. The van der Waals surface area contributed by atoms with Crippen LogP contribution in [-0.2, 0) is 0 Å². The monoisotopic (exact) mass is 288 g/mol. The minimum Gasteiger partial charge on any atom is -0.356 e. The number of hydrogen-bond acceptors (Lipinski definition) is 4. The SMILES string of the molecule is Cc1c(Cl)cccc1Nc1nccc(N2CCCC2)n1. The molecule has 0 radical (unpaired) electrons. The van der Waals surface area contributed by atoms with Crippen LogP contribution in [0, 0.1) is 6.92 Å². The van der Waals surface area contributed by atoms with Crippen molar-refractivity contribution in [1.29, 1.82) is 0 Å². The highest BCUT2D eigenvalue weighted by molar-refractivity contribution is 6.31. The van der Waals surface area contributed by atoms with Crippen LogP contribution in [0.25, 0.3) is 0 Å². The van der Waals surface area contributed by atoms with Gasteiger partial charge in [0.1, 0.15) is 5.82 Å². The maximum atomic E-state index is 6.13. The zero-order valence-electron chi connectivity index (χ0n) is 11.4. The van der Waals surface area contributed by atoms with Crippen molar-refractivity contribution in [2.24, 2.45) is 0 Å². The van der Waals surface area contributed by atoms with E-state index in [-0.39, 0.29) is 0 Å². The molecule has 0 amide bonds. The highest BCUT2D eigenvalue weighted by Gasteiger charge is 2.14. The number of nitrogens with zero attached hydrogens (tertiary/aromatic N) is 3. The predicted molar refractivity (Wildman–Crippen MR) is 83.0 cm³/mol. The van der Waals surface area contributed by atoms with Crippen LogP contribution >= 0.6 is 11.6 Å². The summed E-state index contributed by atoms with van der Waals surface area (Å²) in [4.78, 5) is 11.2. The largest absolute Gasteiger partial charge is 0.356 e. The van der Waals surface area contributed by atoms with Gasteiger partial charge in [0.25, 0.3) is 0 Å². The van der Waals surface area contributed by atoms with Crippen molar-refractivity contribution >= 4 is 29.1 Å². The highest BCUT2D eigenvalue weighted by atomic mass is 35.5. The normalized spacial score (nSPS) is 14.6. The third kappa shape index (κ3) is 2.70. The molecule has 0 spiro atoms. The molecule has 0 unspecified atom stereocenters. The first-order valence-corrected chi connectivity index (χ1v) is 7.22. The van der Waals surface area contributed by atoms with E-state index in [0.29, 0.717) is 5.95 Å². The van der Waals surface area contributed by atoms with E-state index in [0.717, 1.165) is 35.2 Å². The number of aromatic nitrogens is 2. The molecule has 1 fully saturated rings. The quantitative estimate of drug-likeness (QED) is 0.933. The number of benzene rings is 1. The molecule has 5 heteroatoms. The summed E-state index contributed by atoms with van der Waals surface area (Å²) < 4.78 is 0. The number of halogens is 1. The first-order chi connectivity index (χ1) is 9.74. The molecule has 1 saturated heterocycles. The summed E-state index contributed by atoms with van der Waals surface area (Å²) in [7, 11) is 0. The van der Waals surface area contributed by atoms with E-state index in [9.17, 15) is 0 Å². The van der Waals surface area contributed by atoms with Crippen LogP contribution in [0.2, 0.25) is 5.02 Å². The van der Waals surface area contributed by atoms with Gasteiger partial charge in [-0.1, -0.05) is 17.7 Å². The standard InChI is InChI=1S/C15H17ClN4/c1-11-12(16)5-4-6-13(11)18-15-17-8-7-14(19-15)20-9-2-3-10-20/h4-8H,2-3,9-10H2,1H3,(H,17,18,19). The Morgan fingerprint density at radius 2 is 2.00 bits per heavy atom. The van der Waals surface area contributed by atoms with Gasteiger partial charge < -0.3 is 10.2 Å². The number of anilines is 3. The first-order valence-electron chi connectivity index (χ1n) is 6.84. The Kier molecular flexibility index (Phi) is 3.74. The van der Waals surface area contributed by atoms with Gasteiger partial charge in [0, 0.05) is 30.0 Å². The molecule has 1 aromatic carbocycles. The molecule has 4 nitrogen and oxygen atoms in total. The van der Waals surface area contributed by atoms with Gasteiger partial charge >= 0.3 is 0 Å². The van der Waals surface area contributed by atoms with Crippen LogP contribution in [0.5, 0.6) is 0 Å². The molecule has 20 heavy (non-hydrogen) atoms. The van der Waals surface area contributed by atoms with Gasteiger partial charge in [-0.15, -0.1) is 0 Å². The molecule has 0 saturated carbocycles. The lowest BCUT2D eigenvalue weighted by Crippen LogP contribution is -2.19. The van der Waals surface area contributed by atoms with E-state index < -0.39 is 0 Å². The van der Waals surface area contributed by atoms with E-state index in [4.69, 9.17) is 11.6 Å². The molecule has 1 N–H and O–H groups in total. The van der Waals surface area contributed by atoms with Crippen LogP contribution < -0.4 is 10.2 Å². The molecule has 0 aliphatic carbocycles. The lowest BCUT2D eigenvalue weighted by atomic mass is 10.2. The van der Waals surface area contributed by atoms with E-state index >= 15 is 0 Å². The Morgan fingerprint density at radius 1 is 1.20 bits per heavy atom. The summed E-state index contributed by atoms with van der Waals surface area (Å²) in [5.74, 6) is 1.60. The first kappa shape index (κ1) is 13.2. The van der Waals surface area contributed by atoms with Crippen molar-refractivity contribution in [3.8, 4) is 0 Å². The van der Waals surface area contributed by atoms with Gasteiger partial charge in [0.15, 0.2) is 0 Å². The summed E-state index contributed by atoms with van der Waals surface area (Å²) in [5.41, 5.74) is 1.94. The maximum Gasteiger partial charge on any atom is 0.229 e. The Labute approximate surface area is 123 Å². The van der Waals surface area contributed by atoms with E-state index in [2.05, 4.69) is 20.2 Å². The molecule has 0 bridgehead atoms. The van der Waals surface area contributed by atoms with E-state index in [1.165, 1.54) is 12.8 Å². The van der Waals surface area contributed by atoms with Gasteiger partial charge in [-0.2, -0.15) is 4.98 Å². The second kappa shape index (κ2) is 5.67. The smallest absolute Gasteiger partial charge is 0.229 e. The van der Waals surface area contributed by atoms with Crippen molar-refractivity contribution in [1.82, 2.24) is 9.97 Å². The zero-order valence-corrected chi connectivity index (χ0v) is 12.2. The van der Waals surface area contributed by atoms with Gasteiger partial charge in [-0.3, -0.25) is 0 Å². The Morgan fingerprint density at radius 3 is 2.80 bits per heavy atom. The minimum absolute atomic E-state index is 0.611. The summed E-state index contributed by atoms with van der Waals surface area (Å²) >= 11 is 6.13. The van der Waals surface area contributed by atoms with Crippen molar-refractivity contribution < 1.29 is 0 Å². The minimum atomic E-state index is 0.611. The Hall–Kier alpha value is -1.81. The van der Waals surface area contributed by atoms with Crippen molar-refractivity contribution in [2.75, 3.05) is 23.3 Å². The van der Waals surface area contributed by atoms with Gasteiger partial charge in [-0.05, 0) is 43.5 Å².